The van der Waals surface area contributed by atoms with Gasteiger partial charge in [0.05, 0.1) is 11.4 Å². The van der Waals surface area contributed by atoms with Gasteiger partial charge in [-0.3, -0.25) is 4.79 Å². The average Bonchev–Trinajstić information content (AvgIpc) is 3.00. The molecular weight excluding hydrogens is 338 g/mol. The van der Waals surface area contributed by atoms with Crippen LogP contribution in [0.25, 0.3) is 5.69 Å². The zero-order valence-electron chi connectivity index (χ0n) is 16.9. The third-order valence-electron chi connectivity index (χ3n) is 5.27. The molecule has 6 heteroatoms. The first kappa shape index (κ1) is 19.5. The molecule has 1 saturated heterocycles. The van der Waals surface area contributed by atoms with Gasteiger partial charge in [0.1, 0.15) is 0 Å². The Labute approximate surface area is 161 Å². The first-order valence-corrected chi connectivity index (χ1v) is 9.94. The second kappa shape index (κ2) is 8.65. The number of nitrogens with zero attached hydrogens (tertiary/aromatic N) is 4. The van der Waals surface area contributed by atoms with Crippen molar-refractivity contribution in [2.45, 2.75) is 40.5 Å². The molecule has 2 atom stereocenters. The predicted octanol–water partition coefficient (Wildman–Crippen LogP) is 2.98. The standard InChI is InChI=1S/C21H31N5O/c1-15-6-8-19(9-7-15)26-18(4)20(23-24-26)21(27)22-10-5-11-25-13-16(2)12-17(3)14-25/h6-9,16-17H,5,10-14H2,1-4H3,(H,22,27). The molecule has 0 aliphatic carbocycles. The zero-order chi connectivity index (χ0) is 19.4. The van der Waals surface area contributed by atoms with Crippen LogP contribution in [-0.2, 0) is 0 Å². The van der Waals surface area contributed by atoms with Crippen LogP contribution in [0, 0.1) is 25.7 Å². The topological polar surface area (TPSA) is 63.1 Å². The molecule has 2 unspecified atom stereocenters. The molecule has 1 amide bonds. The van der Waals surface area contributed by atoms with Gasteiger partial charge in [-0.15, -0.1) is 5.10 Å². The number of amides is 1. The summed E-state index contributed by atoms with van der Waals surface area (Å²) in [4.78, 5) is 15.0. The Hall–Kier alpha value is -2.21. The van der Waals surface area contributed by atoms with Gasteiger partial charge in [-0.05, 0) is 57.2 Å². The van der Waals surface area contributed by atoms with Gasteiger partial charge in [-0.25, -0.2) is 4.68 Å². The summed E-state index contributed by atoms with van der Waals surface area (Å²) in [6, 6.07) is 8.02. The summed E-state index contributed by atoms with van der Waals surface area (Å²) in [5, 5.41) is 11.2. The fraction of sp³-hybridized carbons (Fsp3) is 0.571. The van der Waals surface area contributed by atoms with Crippen LogP contribution in [0.15, 0.2) is 24.3 Å². The maximum absolute atomic E-state index is 12.5. The Balaban J connectivity index is 1.51. The molecule has 2 heterocycles. The summed E-state index contributed by atoms with van der Waals surface area (Å²) < 4.78 is 1.71. The van der Waals surface area contributed by atoms with E-state index in [1.807, 2.05) is 38.1 Å². The number of carbonyl (C=O) groups excluding carboxylic acids is 1. The molecule has 1 N–H and O–H groups in total. The van der Waals surface area contributed by atoms with Crippen molar-refractivity contribution in [2.75, 3.05) is 26.2 Å². The van der Waals surface area contributed by atoms with E-state index < -0.39 is 0 Å². The highest BCUT2D eigenvalue weighted by molar-refractivity contribution is 5.93. The number of carbonyl (C=O) groups is 1. The Bertz CT molecular complexity index is 757. The number of nitrogens with one attached hydrogen (secondary N) is 1. The summed E-state index contributed by atoms with van der Waals surface area (Å²) in [6.45, 7) is 12.6. The minimum Gasteiger partial charge on any atom is -0.351 e. The normalized spacial score (nSPS) is 20.6. The van der Waals surface area contributed by atoms with E-state index in [4.69, 9.17) is 0 Å². The van der Waals surface area contributed by atoms with Crippen LogP contribution in [0.1, 0.15) is 48.4 Å². The van der Waals surface area contributed by atoms with Gasteiger partial charge in [0.25, 0.3) is 5.91 Å². The molecule has 27 heavy (non-hydrogen) atoms. The minimum atomic E-state index is -0.147. The van der Waals surface area contributed by atoms with Crippen molar-refractivity contribution in [1.29, 1.82) is 0 Å². The highest BCUT2D eigenvalue weighted by atomic mass is 16.2. The summed E-state index contributed by atoms with van der Waals surface area (Å²) in [7, 11) is 0. The van der Waals surface area contributed by atoms with E-state index in [0.29, 0.717) is 12.2 Å². The number of aromatic nitrogens is 3. The van der Waals surface area contributed by atoms with Crippen LogP contribution in [0.4, 0.5) is 0 Å². The van der Waals surface area contributed by atoms with Gasteiger partial charge >= 0.3 is 0 Å². The SMILES string of the molecule is Cc1ccc(-n2nnc(C(=O)NCCCN3CC(C)CC(C)C3)c2C)cc1. The van der Waals surface area contributed by atoms with Crippen molar-refractivity contribution < 1.29 is 4.79 Å². The Morgan fingerprint density at radius 3 is 2.48 bits per heavy atom. The van der Waals surface area contributed by atoms with E-state index in [1.54, 1.807) is 4.68 Å². The lowest BCUT2D eigenvalue weighted by atomic mass is 9.92. The van der Waals surface area contributed by atoms with E-state index in [-0.39, 0.29) is 5.91 Å². The Morgan fingerprint density at radius 2 is 1.81 bits per heavy atom. The van der Waals surface area contributed by atoms with Crippen LogP contribution in [-0.4, -0.2) is 52.0 Å². The van der Waals surface area contributed by atoms with Gasteiger partial charge in [0, 0.05) is 19.6 Å². The van der Waals surface area contributed by atoms with Crippen LogP contribution >= 0.6 is 0 Å². The van der Waals surface area contributed by atoms with E-state index in [2.05, 4.69) is 34.4 Å². The number of hydrogen-bond donors (Lipinski definition) is 1. The third kappa shape index (κ3) is 4.95. The molecule has 146 valence electrons. The summed E-state index contributed by atoms with van der Waals surface area (Å²) in [6.07, 6.45) is 2.28. The van der Waals surface area contributed by atoms with Gasteiger partial charge in [0.2, 0.25) is 0 Å². The quantitative estimate of drug-likeness (QED) is 0.795. The maximum Gasteiger partial charge on any atom is 0.273 e. The smallest absolute Gasteiger partial charge is 0.273 e. The molecule has 1 aromatic heterocycles. The average molecular weight is 370 g/mol. The van der Waals surface area contributed by atoms with Crippen molar-refractivity contribution >= 4 is 5.91 Å². The van der Waals surface area contributed by atoms with Crippen LogP contribution in [0.2, 0.25) is 0 Å². The lowest BCUT2D eigenvalue weighted by Crippen LogP contribution is -2.40. The number of piperidine rings is 1. The van der Waals surface area contributed by atoms with Crippen molar-refractivity contribution in [3.8, 4) is 5.69 Å². The second-order valence-corrected chi connectivity index (χ2v) is 8.09. The Morgan fingerprint density at radius 1 is 1.15 bits per heavy atom. The lowest BCUT2D eigenvalue weighted by molar-refractivity contribution is 0.0941. The number of rotatable bonds is 6. The molecule has 1 aliphatic heterocycles. The van der Waals surface area contributed by atoms with E-state index >= 15 is 0 Å². The first-order valence-electron chi connectivity index (χ1n) is 9.94. The molecule has 0 bridgehead atoms. The molecule has 1 aliphatic rings. The van der Waals surface area contributed by atoms with Crippen molar-refractivity contribution in [3.63, 3.8) is 0 Å². The highest BCUT2D eigenvalue weighted by Gasteiger charge is 2.21. The number of hydrogen-bond acceptors (Lipinski definition) is 4. The summed E-state index contributed by atoms with van der Waals surface area (Å²) >= 11 is 0. The molecule has 3 rings (SSSR count). The van der Waals surface area contributed by atoms with Crippen LogP contribution in [0.3, 0.4) is 0 Å². The van der Waals surface area contributed by atoms with Crippen molar-refractivity contribution in [1.82, 2.24) is 25.2 Å². The molecule has 0 spiro atoms. The molecular formula is C21H31N5O. The van der Waals surface area contributed by atoms with Gasteiger partial charge in [0.15, 0.2) is 5.69 Å². The van der Waals surface area contributed by atoms with Crippen molar-refractivity contribution in [2.24, 2.45) is 11.8 Å². The molecule has 2 aromatic rings. The number of likely N-dealkylation sites (tertiary alicyclic amines) is 1. The molecule has 0 radical (unpaired) electrons. The van der Waals surface area contributed by atoms with Crippen LogP contribution < -0.4 is 5.32 Å². The molecule has 6 nitrogen and oxygen atoms in total. The fourth-order valence-electron chi connectivity index (χ4n) is 4.03. The third-order valence-corrected chi connectivity index (χ3v) is 5.27. The number of aryl methyl sites for hydroxylation is 1. The van der Waals surface area contributed by atoms with E-state index in [9.17, 15) is 4.79 Å². The molecule has 0 saturated carbocycles. The summed E-state index contributed by atoms with van der Waals surface area (Å²) in [5.41, 5.74) is 3.26. The van der Waals surface area contributed by atoms with Gasteiger partial charge in [-0.1, -0.05) is 36.8 Å². The predicted molar refractivity (Wildman–Crippen MR) is 107 cm³/mol. The molecule has 1 aromatic carbocycles. The van der Waals surface area contributed by atoms with Crippen molar-refractivity contribution in [3.05, 3.63) is 41.2 Å². The van der Waals surface area contributed by atoms with E-state index in [1.165, 1.54) is 25.1 Å². The largest absolute Gasteiger partial charge is 0.351 e. The maximum atomic E-state index is 12.5. The zero-order valence-corrected chi connectivity index (χ0v) is 16.9. The second-order valence-electron chi connectivity index (χ2n) is 8.09. The molecule has 1 fully saturated rings. The Kier molecular flexibility index (Phi) is 6.26. The fourth-order valence-corrected chi connectivity index (χ4v) is 4.03. The minimum absolute atomic E-state index is 0.147. The van der Waals surface area contributed by atoms with Gasteiger partial charge in [-0.2, -0.15) is 0 Å². The van der Waals surface area contributed by atoms with E-state index in [0.717, 1.165) is 36.2 Å². The first-order chi connectivity index (χ1) is 12.9. The lowest BCUT2D eigenvalue weighted by Gasteiger charge is -2.34. The monoisotopic (exact) mass is 369 g/mol. The van der Waals surface area contributed by atoms with Crippen LogP contribution in [0.5, 0.6) is 0 Å². The summed E-state index contributed by atoms with van der Waals surface area (Å²) in [5.74, 6) is 1.39. The highest BCUT2D eigenvalue weighted by Crippen LogP contribution is 2.20. The van der Waals surface area contributed by atoms with Gasteiger partial charge < -0.3 is 10.2 Å². The number of benzene rings is 1.